The molecule has 2 aliphatic rings. The van der Waals surface area contributed by atoms with Gasteiger partial charge in [0.15, 0.2) is 0 Å². The van der Waals surface area contributed by atoms with Gasteiger partial charge in [0.1, 0.15) is 0 Å². The van der Waals surface area contributed by atoms with E-state index in [0.717, 1.165) is 19.5 Å². The van der Waals surface area contributed by atoms with Crippen molar-refractivity contribution in [2.45, 2.75) is 45.3 Å². The number of hydrogen-bond donors (Lipinski definition) is 1. The summed E-state index contributed by atoms with van der Waals surface area (Å²) in [5, 5.41) is 9.45. The number of nitrogens with zero attached hydrogens (tertiary/aromatic N) is 2. The quantitative estimate of drug-likeness (QED) is 0.769. The summed E-state index contributed by atoms with van der Waals surface area (Å²) < 4.78 is 0. The molecule has 2 rings (SSSR count). The Hall–Kier alpha value is -0.610. The minimum atomic E-state index is -0.234. The van der Waals surface area contributed by atoms with Gasteiger partial charge in [-0.05, 0) is 25.2 Å². The lowest BCUT2D eigenvalue weighted by Gasteiger charge is -2.26. The standard InChI is InChI=1S/C13H24N2O2/c1-10(2)7-15(11-3-4-11)13(17)9-14-6-5-12(16)8-14/h10-12,16H,3-9H2,1-2H3/t12-/m1/s1. The number of carbonyl (C=O) groups excluding carboxylic acids is 1. The van der Waals surface area contributed by atoms with Crippen LogP contribution in [0, 0.1) is 5.92 Å². The summed E-state index contributed by atoms with van der Waals surface area (Å²) in [5.74, 6) is 0.777. The SMILES string of the molecule is CC(C)CN(C(=O)CN1CC[C@@H](O)C1)C1CC1. The van der Waals surface area contributed by atoms with Gasteiger partial charge in [0.2, 0.25) is 5.91 Å². The molecule has 1 aliphatic heterocycles. The average molecular weight is 240 g/mol. The van der Waals surface area contributed by atoms with Gasteiger partial charge in [-0.2, -0.15) is 0 Å². The van der Waals surface area contributed by atoms with E-state index in [9.17, 15) is 9.90 Å². The van der Waals surface area contributed by atoms with Crippen molar-refractivity contribution in [3.05, 3.63) is 0 Å². The second-order valence-corrected chi connectivity index (χ2v) is 5.85. The van der Waals surface area contributed by atoms with Crippen molar-refractivity contribution in [3.63, 3.8) is 0 Å². The molecular weight excluding hydrogens is 216 g/mol. The summed E-state index contributed by atoms with van der Waals surface area (Å²) >= 11 is 0. The molecule has 0 spiro atoms. The lowest BCUT2D eigenvalue weighted by atomic mass is 10.2. The Balaban J connectivity index is 1.83. The van der Waals surface area contributed by atoms with Crippen LogP contribution in [0.2, 0.25) is 0 Å². The molecule has 0 unspecified atom stereocenters. The van der Waals surface area contributed by atoms with Gasteiger partial charge < -0.3 is 10.0 Å². The van der Waals surface area contributed by atoms with Crippen molar-refractivity contribution in [2.75, 3.05) is 26.2 Å². The van der Waals surface area contributed by atoms with E-state index in [1.165, 1.54) is 12.8 Å². The first-order valence-electron chi connectivity index (χ1n) is 6.76. The highest BCUT2D eigenvalue weighted by Gasteiger charge is 2.34. The van der Waals surface area contributed by atoms with Gasteiger partial charge in [-0.3, -0.25) is 9.69 Å². The minimum Gasteiger partial charge on any atom is -0.392 e. The van der Waals surface area contributed by atoms with Gasteiger partial charge >= 0.3 is 0 Å². The fourth-order valence-electron chi connectivity index (χ4n) is 2.47. The van der Waals surface area contributed by atoms with E-state index < -0.39 is 0 Å². The first kappa shape index (κ1) is 12.8. The van der Waals surface area contributed by atoms with E-state index in [2.05, 4.69) is 23.6 Å². The van der Waals surface area contributed by atoms with Crippen LogP contribution < -0.4 is 0 Å². The van der Waals surface area contributed by atoms with E-state index in [-0.39, 0.29) is 12.0 Å². The first-order chi connectivity index (χ1) is 8.06. The molecule has 1 atom stereocenters. The van der Waals surface area contributed by atoms with Gasteiger partial charge in [-0.25, -0.2) is 0 Å². The van der Waals surface area contributed by atoms with E-state index in [1.807, 2.05) is 0 Å². The van der Waals surface area contributed by atoms with Gasteiger partial charge in [-0.15, -0.1) is 0 Å². The molecule has 0 aromatic rings. The Bertz CT molecular complexity index is 277. The van der Waals surface area contributed by atoms with Crippen LogP contribution in [0.15, 0.2) is 0 Å². The Morgan fingerprint density at radius 3 is 2.59 bits per heavy atom. The maximum absolute atomic E-state index is 12.2. The number of rotatable bonds is 5. The third kappa shape index (κ3) is 3.68. The third-order valence-corrected chi connectivity index (χ3v) is 3.48. The molecule has 1 saturated heterocycles. The fourth-order valence-corrected chi connectivity index (χ4v) is 2.47. The molecule has 0 aromatic heterocycles. The second kappa shape index (κ2) is 5.36. The molecule has 1 saturated carbocycles. The van der Waals surface area contributed by atoms with Crippen LogP contribution in [-0.2, 0) is 4.79 Å². The van der Waals surface area contributed by atoms with Crippen molar-refractivity contribution in [1.82, 2.24) is 9.80 Å². The second-order valence-electron chi connectivity index (χ2n) is 5.85. The van der Waals surface area contributed by atoms with Crippen molar-refractivity contribution in [3.8, 4) is 0 Å². The molecule has 0 radical (unpaired) electrons. The molecule has 4 nitrogen and oxygen atoms in total. The van der Waals surface area contributed by atoms with Crippen LogP contribution in [0.25, 0.3) is 0 Å². The normalized spacial score (nSPS) is 25.5. The summed E-state index contributed by atoms with van der Waals surface area (Å²) in [5.41, 5.74) is 0. The van der Waals surface area contributed by atoms with Crippen LogP contribution in [-0.4, -0.2) is 59.1 Å². The zero-order valence-electron chi connectivity index (χ0n) is 10.9. The molecule has 1 amide bonds. The van der Waals surface area contributed by atoms with Crippen molar-refractivity contribution in [2.24, 2.45) is 5.92 Å². The van der Waals surface area contributed by atoms with E-state index in [1.54, 1.807) is 0 Å². The molecule has 98 valence electrons. The Morgan fingerprint density at radius 2 is 2.12 bits per heavy atom. The van der Waals surface area contributed by atoms with Crippen molar-refractivity contribution < 1.29 is 9.90 Å². The topological polar surface area (TPSA) is 43.8 Å². The smallest absolute Gasteiger partial charge is 0.237 e. The number of likely N-dealkylation sites (tertiary alicyclic amines) is 1. The minimum absolute atomic E-state index is 0.234. The predicted octanol–water partition coefficient (Wildman–Crippen LogP) is 0.700. The molecule has 1 N–H and O–H groups in total. The lowest BCUT2D eigenvalue weighted by Crippen LogP contribution is -2.42. The van der Waals surface area contributed by atoms with Gasteiger partial charge in [0.05, 0.1) is 12.6 Å². The monoisotopic (exact) mass is 240 g/mol. The van der Waals surface area contributed by atoms with Crippen LogP contribution in [0.1, 0.15) is 33.1 Å². The predicted molar refractivity (Wildman–Crippen MR) is 66.6 cm³/mol. The highest BCUT2D eigenvalue weighted by atomic mass is 16.3. The number of aliphatic hydroxyl groups is 1. The largest absolute Gasteiger partial charge is 0.392 e. The Kier molecular flexibility index (Phi) is 4.05. The third-order valence-electron chi connectivity index (χ3n) is 3.48. The molecule has 17 heavy (non-hydrogen) atoms. The molecule has 4 heteroatoms. The maximum Gasteiger partial charge on any atom is 0.237 e. The van der Waals surface area contributed by atoms with Gasteiger partial charge in [-0.1, -0.05) is 13.8 Å². The molecular formula is C13H24N2O2. The van der Waals surface area contributed by atoms with Crippen molar-refractivity contribution in [1.29, 1.82) is 0 Å². The number of carbonyl (C=O) groups is 1. The molecule has 0 aromatic carbocycles. The van der Waals surface area contributed by atoms with E-state index >= 15 is 0 Å². The number of aliphatic hydroxyl groups excluding tert-OH is 1. The van der Waals surface area contributed by atoms with Gasteiger partial charge in [0.25, 0.3) is 0 Å². The highest BCUT2D eigenvalue weighted by Crippen LogP contribution is 2.28. The molecule has 0 bridgehead atoms. The molecule has 1 aliphatic carbocycles. The zero-order valence-corrected chi connectivity index (χ0v) is 10.9. The maximum atomic E-state index is 12.2. The zero-order chi connectivity index (χ0) is 12.4. The Labute approximate surface area is 104 Å². The fraction of sp³-hybridized carbons (Fsp3) is 0.923. The van der Waals surface area contributed by atoms with E-state index in [4.69, 9.17) is 0 Å². The van der Waals surface area contributed by atoms with Crippen molar-refractivity contribution >= 4 is 5.91 Å². The average Bonchev–Trinajstić information content (AvgIpc) is 3.00. The van der Waals surface area contributed by atoms with Crippen LogP contribution >= 0.6 is 0 Å². The Morgan fingerprint density at radius 1 is 1.41 bits per heavy atom. The number of hydrogen-bond acceptors (Lipinski definition) is 3. The van der Waals surface area contributed by atoms with Crippen LogP contribution in [0.5, 0.6) is 0 Å². The first-order valence-corrected chi connectivity index (χ1v) is 6.76. The van der Waals surface area contributed by atoms with Gasteiger partial charge in [0, 0.05) is 25.7 Å². The molecule has 2 fully saturated rings. The number of β-amino-alcohol motifs (C(OH)–C–C–N with tert-alkyl or cyclic N) is 1. The lowest BCUT2D eigenvalue weighted by molar-refractivity contribution is -0.133. The van der Waals surface area contributed by atoms with E-state index in [0.29, 0.717) is 25.0 Å². The van der Waals surface area contributed by atoms with Crippen LogP contribution in [0.4, 0.5) is 0 Å². The molecule has 1 heterocycles. The highest BCUT2D eigenvalue weighted by molar-refractivity contribution is 5.79. The summed E-state index contributed by atoms with van der Waals surface area (Å²) in [7, 11) is 0. The summed E-state index contributed by atoms with van der Waals surface area (Å²) in [6, 6.07) is 0.498. The summed E-state index contributed by atoms with van der Waals surface area (Å²) in [6.07, 6.45) is 2.91. The number of amides is 1. The summed E-state index contributed by atoms with van der Waals surface area (Å²) in [4.78, 5) is 16.3. The van der Waals surface area contributed by atoms with Crippen LogP contribution in [0.3, 0.4) is 0 Å². The summed E-state index contributed by atoms with van der Waals surface area (Å²) in [6.45, 7) is 7.18.